The fourth-order valence-electron chi connectivity index (χ4n) is 5.05. The lowest BCUT2D eigenvalue weighted by atomic mass is 9.77. The van der Waals surface area contributed by atoms with E-state index in [1.54, 1.807) is 0 Å². The fraction of sp³-hybridized carbons (Fsp3) is 1.00. The Bertz CT molecular complexity index is 203. The van der Waals surface area contributed by atoms with Gasteiger partial charge in [0.2, 0.25) is 0 Å². The maximum absolute atomic E-state index is 2.45. The molecule has 0 aromatic heterocycles. The van der Waals surface area contributed by atoms with Crippen LogP contribution in [0, 0.1) is 46.8 Å². The largest absolute Gasteiger partial charge is 0.0599 e. The van der Waals surface area contributed by atoms with Crippen molar-refractivity contribution in [2.75, 3.05) is 0 Å². The van der Waals surface area contributed by atoms with Crippen molar-refractivity contribution in [3.63, 3.8) is 0 Å². The Morgan fingerprint density at radius 3 is 1.18 bits per heavy atom. The normalized spacial score (nSPS) is 73.9. The molecule has 5 saturated carbocycles. The first-order chi connectivity index (χ1) is 5.12. The smallest absolute Gasteiger partial charge is 0.0297 e. The van der Waals surface area contributed by atoms with E-state index in [4.69, 9.17) is 0 Å². The highest BCUT2D eigenvalue weighted by atomic mass is 15.0. The van der Waals surface area contributed by atoms with Gasteiger partial charge < -0.3 is 0 Å². The Balaban J connectivity index is 1.78. The molecule has 0 spiro atoms. The summed E-state index contributed by atoms with van der Waals surface area (Å²) in [5.41, 5.74) is 0.627. The maximum atomic E-state index is 2.45. The van der Waals surface area contributed by atoms with E-state index in [2.05, 4.69) is 20.8 Å². The maximum Gasteiger partial charge on any atom is -0.0297 e. The summed E-state index contributed by atoms with van der Waals surface area (Å²) in [5, 5.41) is 0. The van der Waals surface area contributed by atoms with Crippen molar-refractivity contribution in [2.45, 2.75) is 20.8 Å². The first-order valence-electron chi connectivity index (χ1n) is 5.12. The molecule has 5 aliphatic carbocycles. The first-order valence-corrected chi connectivity index (χ1v) is 5.12. The van der Waals surface area contributed by atoms with Gasteiger partial charge in [0.05, 0.1) is 0 Å². The Kier molecular flexibility index (Phi) is 0.567. The molecule has 5 fully saturated rings. The van der Waals surface area contributed by atoms with Crippen LogP contribution in [-0.4, -0.2) is 0 Å². The summed E-state index contributed by atoms with van der Waals surface area (Å²) in [6, 6.07) is 0. The minimum absolute atomic E-state index is 0.627. The average Bonchev–Trinajstić information content (AvgIpc) is 2.43. The summed E-state index contributed by atoms with van der Waals surface area (Å²) in [6.07, 6.45) is 0. The summed E-state index contributed by atoms with van der Waals surface area (Å²) in [7, 11) is 0. The van der Waals surface area contributed by atoms with Crippen LogP contribution in [0.2, 0.25) is 0 Å². The van der Waals surface area contributed by atoms with E-state index in [1.165, 1.54) is 35.5 Å². The lowest BCUT2D eigenvalue weighted by Crippen LogP contribution is -2.21. The standard InChI is InChI=1S/C11H16/c1-11(2,3)10-8-4-5(8)7-6(4)9(7)10/h4-10H,1-3H3. The van der Waals surface area contributed by atoms with Gasteiger partial charge in [-0.05, 0) is 46.8 Å². The average molecular weight is 148 g/mol. The molecule has 0 atom stereocenters. The molecule has 5 aliphatic rings. The summed E-state index contributed by atoms with van der Waals surface area (Å²) in [4.78, 5) is 0. The molecular formula is C11H16. The molecule has 0 amide bonds. The van der Waals surface area contributed by atoms with Gasteiger partial charge in [-0.2, -0.15) is 0 Å². The molecule has 0 aliphatic heterocycles. The summed E-state index contributed by atoms with van der Waals surface area (Å²) in [6.45, 7) is 7.35. The van der Waals surface area contributed by atoms with Gasteiger partial charge in [-0.25, -0.2) is 0 Å². The molecular weight excluding hydrogens is 132 g/mol. The number of rotatable bonds is 0. The van der Waals surface area contributed by atoms with E-state index in [0.29, 0.717) is 5.41 Å². The predicted octanol–water partition coefficient (Wildman–Crippen LogP) is 2.40. The summed E-state index contributed by atoms with van der Waals surface area (Å²) >= 11 is 0. The molecule has 0 N–H and O–H groups in total. The third-order valence-corrected chi connectivity index (χ3v) is 5.10. The molecule has 0 radical (unpaired) electrons. The lowest BCUT2D eigenvalue weighted by Gasteiger charge is -2.28. The zero-order valence-electron chi connectivity index (χ0n) is 7.54. The first kappa shape index (κ1) is 5.61. The molecule has 0 heterocycles. The number of hydrogen-bond acceptors (Lipinski definition) is 0. The van der Waals surface area contributed by atoms with E-state index >= 15 is 0 Å². The highest BCUT2D eigenvalue weighted by Gasteiger charge is 2.92. The van der Waals surface area contributed by atoms with Gasteiger partial charge in [0, 0.05) is 0 Å². The highest BCUT2D eigenvalue weighted by Crippen LogP contribution is 2.95. The summed E-state index contributed by atoms with van der Waals surface area (Å²) in [5.74, 6) is 8.60. The van der Waals surface area contributed by atoms with Crippen molar-refractivity contribution in [1.29, 1.82) is 0 Å². The van der Waals surface area contributed by atoms with E-state index < -0.39 is 0 Å². The van der Waals surface area contributed by atoms with Crippen LogP contribution in [0.25, 0.3) is 0 Å². The quantitative estimate of drug-likeness (QED) is 0.495. The molecule has 0 aromatic carbocycles. The van der Waals surface area contributed by atoms with Crippen molar-refractivity contribution >= 4 is 0 Å². The predicted molar refractivity (Wildman–Crippen MR) is 43.9 cm³/mol. The van der Waals surface area contributed by atoms with E-state index in [1.807, 2.05) is 0 Å². The second kappa shape index (κ2) is 1.11. The molecule has 11 heavy (non-hydrogen) atoms. The van der Waals surface area contributed by atoms with E-state index in [0.717, 1.165) is 5.92 Å². The Labute approximate surface area is 68.4 Å². The van der Waals surface area contributed by atoms with Gasteiger partial charge in [-0.3, -0.25) is 0 Å². The van der Waals surface area contributed by atoms with Gasteiger partial charge >= 0.3 is 0 Å². The highest BCUT2D eigenvalue weighted by molar-refractivity contribution is 5.38. The van der Waals surface area contributed by atoms with Crippen LogP contribution in [0.1, 0.15) is 20.8 Å². The Morgan fingerprint density at radius 1 is 0.636 bits per heavy atom. The molecule has 0 saturated heterocycles. The van der Waals surface area contributed by atoms with Crippen molar-refractivity contribution in [2.24, 2.45) is 46.8 Å². The van der Waals surface area contributed by atoms with Crippen LogP contribution in [0.3, 0.4) is 0 Å². The SMILES string of the molecule is CC(C)(C)C1C2C3C2C2C3C21. The van der Waals surface area contributed by atoms with Gasteiger partial charge in [-0.1, -0.05) is 20.8 Å². The molecule has 5 rings (SSSR count). The fourth-order valence-corrected chi connectivity index (χ4v) is 5.05. The second-order valence-electron chi connectivity index (χ2n) is 6.36. The van der Waals surface area contributed by atoms with Crippen LogP contribution in [0.15, 0.2) is 0 Å². The zero-order valence-corrected chi connectivity index (χ0v) is 7.54. The van der Waals surface area contributed by atoms with Crippen molar-refractivity contribution in [3.05, 3.63) is 0 Å². The minimum atomic E-state index is 0.627. The molecule has 0 aromatic rings. The van der Waals surface area contributed by atoms with Crippen LogP contribution < -0.4 is 0 Å². The molecule has 0 nitrogen and oxygen atoms in total. The topological polar surface area (TPSA) is 0 Å². The second-order valence-corrected chi connectivity index (χ2v) is 6.36. The van der Waals surface area contributed by atoms with Gasteiger partial charge in [0.1, 0.15) is 0 Å². The Hall–Kier alpha value is 0. The van der Waals surface area contributed by atoms with Gasteiger partial charge in [0.25, 0.3) is 0 Å². The van der Waals surface area contributed by atoms with Gasteiger partial charge in [0.15, 0.2) is 0 Å². The van der Waals surface area contributed by atoms with E-state index in [9.17, 15) is 0 Å². The zero-order chi connectivity index (χ0) is 7.54. The number of hydrogen-bond donors (Lipinski definition) is 0. The van der Waals surface area contributed by atoms with Crippen molar-refractivity contribution in [1.82, 2.24) is 0 Å². The van der Waals surface area contributed by atoms with Crippen LogP contribution in [-0.2, 0) is 0 Å². The minimum Gasteiger partial charge on any atom is -0.0599 e. The van der Waals surface area contributed by atoms with Crippen LogP contribution >= 0.6 is 0 Å². The van der Waals surface area contributed by atoms with E-state index in [-0.39, 0.29) is 0 Å². The molecule has 0 heteroatoms. The third-order valence-electron chi connectivity index (χ3n) is 5.10. The monoisotopic (exact) mass is 148 g/mol. The Morgan fingerprint density at radius 2 is 1.00 bits per heavy atom. The van der Waals surface area contributed by atoms with Crippen LogP contribution in [0.5, 0.6) is 0 Å². The lowest BCUT2D eigenvalue weighted by molar-refractivity contribution is 0.208. The molecule has 0 unspecified atom stereocenters. The molecule has 2 bridgehead atoms. The van der Waals surface area contributed by atoms with Crippen LogP contribution in [0.4, 0.5) is 0 Å². The summed E-state index contributed by atoms with van der Waals surface area (Å²) < 4.78 is 0. The van der Waals surface area contributed by atoms with Gasteiger partial charge in [-0.15, -0.1) is 0 Å². The van der Waals surface area contributed by atoms with Crippen molar-refractivity contribution in [3.8, 4) is 0 Å². The van der Waals surface area contributed by atoms with Crippen molar-refractivity contribution < 1.29 is 0 Å². The third kappa shape index (κ3) is 0.363. The molecule has 60 valence electrons.